The van der Waals surface area contributed by atoms with E-state index in [0.717, 1.165) is 18.9 Å². The Kier molecular flexibility index (Phi) is 4.64. The summed E-state index contributed by atoms with van der Waals surface area (Å²) >= 11 is 0. The molecule has 1 unspecified atom stereocenters. The molecule has 1 aromatic heterocycles. The summed E-state index contributed by atoms with van der Waals surface area (Å²) in [7, 11) is -0.581. The summed E-state index contributed by atoms with van der Waals surface area (Å²) in [6.45, 7) is 0. The van der Waals surface area contributed by atoms with E-state index in [4.69, 9.17) is 4.74 Å². The minimum atomic E-state index is -3.22. The Hall–Kier alpha value is -2.49. The van der Waals surface area contributed by atoms with Crippen molar-refractivity contribution in [3.05, 3.63) is 39.7 Å². The van der Waals surface area contributed by atoms with Gasteiger partial charge in [0, 0.05) is 25.3 Å². The van der Waals surface area contributed by atoms with Crippen molar-refractivity contribution in [3.8, 4) is 5.75 Å². The van der Waals surface area contributed by atoms with Crippen LogP contribution in [0.5, 0.6) is 5.75 Å². The van der Waals surface area contributed by atoms with Crippen molar-refractivity contribution < 1.29 is 26.7 Å². The lowest BCUT2D eigenvalue weighted by atomic mass is 10.1. The van der Waals surface area contributed by atoms with Gasteiger partial charge in [0.1, 0.15) is 5.56 Å². The lowest BCUT2D eigenvalue weighted by molar-refractivity contribution is 0.0745. The first-order chi connectivity index (χ1) is 13.6. The topological polar surface area (TPSA) is 85.7 Å². The molecule has 0 bridgehead atoms. The Bertz CT molecular complexity index is 1190. The average molecular weight is 426 g/mol. The fourth-order valence-corrected chi connectivity index (χ4v) is 5.62. The molecule has 2 fully saturated rings. The molecule has 0 N–H and O–H groups in total. The number of halogens is 2. The molecule has 2 heterocycles. The van der Waals surface area contributed by atoms with Gasteiger partial charge in [-0.3, -0.25) is 9.59 Å². The number of fused-ring (bicyclic) bond motifs is 1. The lowest BCUT2D eigenvalue weighted by Crippen LogP contribution is -2.40. The molecule has 1 aliphatic carbocycles. The number of amides is 1. The minimum Gasteiger partial charge on any atom is -0.491 e. The molecule has 1 saturated heterocycles. The Labute approximate surface area is 165 Å². The van der Waals surface area contributed by atoms with Crippen molar-refractivity contribution in [1.82, 2.24) is 9.47 Å². The number of aromatic nitrogens is 1. The summed E-state index contributed by atoms with van der Waals surface area (Å²) in [6.07, 6.45) is 3.18. The highest BCUT2D eigenvalue weighted by atomic mass is 32.2. The van der Waals surface area contributed by atoms with Gasteiger partial charge in [-0.15, -0.1) is 0 Å². The molecule has 156 valence electrons. The molecule has 29 heavy (non-hydrogen) atoms. The molecule has 0 radical (unpaired) electrons. The molecule has 4 rings (SSSR count). The standard InChI is InChI=1S/C19H20F2N2O5S/c1-22(11-5-6-29(26,27)9-11)19(25)13-8-23(10-3-4-10)16-12(17(13)24)7-14(20)15(21)18(16)28-2/h7-8,10-11H,3-6,9H2,1-2H3. The Morgan fingerprint density at radius 2 is 1.97 bits per heavy atom. The molecule has 1 amide bonds. The van der Waals surface area contributed by atoms with Crippen LogP contribution in [-0.2, 0) is 9.84 Å². The van der Waals surface area contributed by atoms with Gasteiger partial charge in [-0.05, 0) is 25.3 Å². The number of hydrogen-bond acceptors (Lipinski definition) is 5. The van der Waals surface area contributed by atoms with Gasteiger partial charge >= 0.3 is 0 Å². The number of carbonyl (C=O) groups is 1. The molecule has 0 spiro atoms. The zero-order valence-corrected chi connectivity index (χ0v) is 16.8. The number of methoxy groups -OCH3 is 1. The number of sulfone groups is 1. The van der Waals surface area contributed by atoms with Crippen molar-refractivity contribution in [1.29, 1.82) is 0 Å². The number of pyridine rings is 1. The second-order valence-corrected chi connectivity index (χ2v) is 9.81. The number of benzene rings is 1. The van der Waals surface area contributed by atoms with Gasteiger partial charge < -0.3 is 14.2 Å². The number of ether oxygens (including phenoxy) is 1. The highest BCUT2D eigenvalue weighted by molar-refractivity contribution is 7.91. The molecule has 1 atom stereocenters. The predicted molar refractivity (Wildman–Crippen MR) is 102 cm³/mol. The molecule has 1 saturated carbocycles. The zero-order chi connectivity index (χ0) is 21.1. The van der Waals surface area contributed by atoms with Crippen LogP contribution in [0.25, 0.3) is 10.9 Å². The van der Waals surface area contributed by atoms with Gasteiger partial charge in [-0.25, -0.2) is 12.8 Å². The maximum atomic E-state index is 14.2. The molecular weight excluding hydrogens is 406 g/mol. The highest BCUT2D eigenvalue weighted by Crippen LogP contribution is 2.40. The number of rotatable bonds is 4. The fraction of sp³-hybridized carbons (Fsp3) is 0.474. The first-order valence-electron chi connectivity index (χ1n) is 9.23. The van der Waals surface area contributed by atoms with E-state index in [1.807, 2.05) is 0 Å². The van der Waals surface area contributed by atoms with E-state index in [2.05, 4.69) is 0 Å². The van der Waals surface area contributed by atoms with Crippen LogP contribution in [0.4, 0.5) is 8.78 Å². The molecule has 1 aromatic carbocycles. The first-order valence-corrected chi connectivity index (χ1v) is 11.0. The van der Waals surface area contributed by atoms with Crippen LogP contribution in [0, 0.1) is 11.6 Å². The summed E-state index contributed by atoms with van der Waals surface area (Å²) < 4.78 is 58.4. The average Bonchev–Trinajstić information content (AvgIpc) is 3.45. The monoisotopic (exact) mass is 426 g/mol. The van der Waals surface area contributed by atoms with Gasteiger partial charge in [0.2, 0.25) is 11.2 Å². The highest BCUT2D eigenvalue weighted by Gasteiger charge is 2.35. The van der Waals surface area contributed by atoms with Crippen LogP contribution in [0.15, 0.2) is 17.1 Å². The Morgan fingerprint density at radius 1 is 1.28 bits per heavy atom. The van der Waals surface area contributed by atoms with Crippen LogP contribution in [0.1, 0.15) is 35.7 Å². The third-order valence-electron chi connectivity index (χ3n) is 5.62. The van der Waals surface area contributed by atoms with Gasteiger partial charge in [0.25, 0.3) is 5.91 Å². The smallest absolute Gasteiger partial charge is 0.259 e. The number of carbonyl (C=O) groups excluding carboxylic acids is 1. The summed E-state index contributed by atoms with van der Waals surface area (Å²) in [5.41, 5.74) is -0.836. The third kappa shape index (κ3) is 3.29. The van der Waals surface area contributed by atoms with Gasteiger partial charge in [0.05, 0.1) is 29.5 Å². The molecule has 1 aliphatic heterocycles. The second kappa shape index (κ2) is 6.79. The van der Waals surface area contributed by atoms with Crippen molar-refractivity contribution in [2.75, 3.05) is 25.7 Å². The van der Waals surface area contributed by atoms with Crippen molar-refractivity contribution >= 4 is 26.6 Å². The van der Waals surface area contributed by atoms with Crippen LogP contribution in [0.2, 0.25) is 0 Å². The molecule has 10 heteroatoms. The normalized spacial score (nSPS) is 20.8. The number of hydrogen-bond donors (Lipinski definition) is 0. The van der Waals surface area contributed by atoms with E-state index in [1.165, 1.54) is 25.3 Å². The maximum Gasteiger partial charge on any atom is 0.259 e. The van der Waals surface area contributed by atoms with E-state index >= 15 is 0 Å². The van der Waals surface area contributed by atoms with E-state index < -0.39 is 38.8 Å². The molecule has 7 nitrogen and oxygen atoms in total. The molecule has 2 aromatic rings. The van der Waals surface area contributed by atoms with Crippen LogP contribution in [0.3, 0.4) is 0 Å². The second-order valence-electron chi connectivity index (χ2n) is 7.59. The van der Waals surface area contributed by atoms with Crippen molar-refractivity contribution in [2.45, 2.75) is 31.3 Å². The van der Waals surface area contributed by atoms with Crippen LogP contribution in [-0.4, -0.2) is 55.5 Å². The van der Waals surface area contributed by atoms with E-state index in [-0.39, 0.29) is 39.8 Å². The first kappa shape index (κ1) is 19.8. The maximum absolute atomic E-state index is 14.2. The van der Waals surface area contributed by atoms with E-state index in [9.17, 15) is 26.8 Å². The van der Waals surface area contributed by atoms with E-state index in [1.54, 1.807) is 4.57 Å². The van der Waals surface area contributed by atoms with Crippen LogP contribution >= 0.6 is 0 Å². The predicted octanol–water partition coefficient (Wildman–Crippen LogP) is 1.88. The van der Waals surface area contributed by atoms with E-state index in [0.29, 0.717) is 6.42 Å². The SMILES string of the molecule is COc1c(F)c(F)cc2c(=O)c(C(=O)N(C)C3CCS(=O)(=O)C3)cn(C3CC3)c12. The fourth-order valence-electron chi connectivity index (χ4n) is 3.85. The summed E-state index contributed by atoms with van der Waals surface area (Å²) in [5, 5.41) is -0.147. The molecular formula is C19H20F2N2O5S. The number of nitrogens with zero attached hydrogens (tertiary/aromatic N) is 2. The van der Waals surface area contributed by atoms with Crippen molar-refractivity contribution in [2.24, 2.45) is 0 Å². The third-order valence-corrected chi connectivity index (χ3v) is 7.37. The molecule has 2 aliphatic rings. The minimum absolute atomic E-state index is 0.0129. The zero-order valence-electron chi connectivity index (χ0n) is 15.9. The van der Waals surface area contributed by atoms with Crippen LogP contribution < -0.4 is 10.2 Å². The van der Waals surface area contributed by atoms with Crippen molar-refractivity contribution in [3.63, 3.8) is 0 Å². The quantitative estimate of drug-likeness (QED) is 0.745. The summed E-state index contributed by atoms with van der Waals surface area (Å²) in [5.74, 6) is -3.63. The van der Waals surface area contributed by atoms with Gasteiger partial charge in [-0.2, -0.15) is 4.39 Å². The Balaban J connectivity index is 1.88. The Morgan fingerprint density at radius 3 is 2.52 bits per heavy atom. The van der Waals surface area contributed by atoms with Gasteiger partial charge in [-0.1, -0.05) is 0 Å². The van der Waals surface area contributed by atoms with Gasteiger partial charge in [0.15, 0.2) is 21.4 Å². The largest absolute Gasteiger partial charge is 0.491 e. The summed E-state index contributed by atoms with van der Waals surface area (Å²) in [6, 6.07) is 0.197. The lowest BCUT2D eigenvalue weighted by Gasteiger charge is -2.24. The summed E-state index contributed by atoms with van der Waals surface area (Å²) in [4.78, 5) is 27.3.